The molecule has 6 heteroatoms. The molecule has 4 aromatic rings. The van der Waals surface area contributed by atoms with Gasteiger partial charge in [-0.05, 0) is 55.8 Å². The molecule has 0 bridgehead atoms. The summed E-state index contributed by atoms with van der Waals surface area (Å²) in [4.78, 5) is 17.1. The number of rotatable bonds is 7. The van der Waals surface area contributed by atoms with Crippen LogP contribution in [0.1, 0.15) is 28.7 Å². The van der Waals surface area contributed by atoms with Crippen LogP contribution in [0.2, 0.25) is 5.02 Å². The summed E-state index contributed by atoms with van der Waals surface area (Å²) in [5.74, 6) is 0.870. The lowest BCUT2D eigenvalue weighted by atomic mass is 10.2. The fraction of sp³-hybridized carbons (Fsp3) is 0.154. The van der Waals surface area contributed by atoms with Gasteiger partial charge in [-0.15, -0.1) is 0 Å². The molecule has 0 saturated carbocycles. The number of hydrogen-bond acceptors (Lipinski definition) is 4. The van der Waals surface area contributed by atoms with E-state index in [-0.39, 0.29) is 12.3 Å². The Hall–Kier alpha value is -3.57. The molecule has 1 aromatic heterocycles. The number of carbonyl (C=O) groups excluding carboxylic acids is 1. The molecule has 0 amide bonds. The van der Waals surface area contributed by atoms with E-state index in [9.17, 15) is 4.79 Å². The van der Waals surface area contributed by atoms with Gasteiger partial charge < -0.3 is 9.47 Å². The summed E-state index contributed by atoms with van der Waals surface area (Å²) in [5, 5.41) is 0.553. The van der Waals surface area contributed by atoms with Crippen molar-refractivity contribution in [3.63, 3.8) is 0 Å². The highest BCUT2D eigenvalue weighted by molar-refractivity contribution is 6.33. The van der Waals surface area contributed by atoms with Gasteiger partial charge in [0.05, 0.1) is 17.3 Å². The van der Waals surface area contributed by atoms with Crippen LogP contribution in [0.4, 0.5) is 0 Å². The lowest BCUT2D eigenvalue weighted by Gasteiger charge is -2.13. The van der Waals surface area contributed by atoms with Gasteiger partial charge in [0, 0.05) is 11.3 Å². The molecule has 0 N–H and O–H groups in total. The first-order valence-corrected chi connectivity index (χ1v) is 10.7. The van der Waals surface area contributed by atoms with E-state index in [0.717, 1.165) is 22.6 Å². The number of nitrogens with zero attached hydrogens (tertiary/aromatic N) is 2. The summed E-state index contributed by atoms with van der Waals surface area (Å²) in [6.45, 7) is 4.38. The van der Waals surface area contributed by atoms with E-state index in [4.69, 9.17) is 21.1 Å². The Labute approximate surface area is 192 Å². The third-order valence-corrected chi connectivity index (χ3v) is 5.36. The maximum atomic E-state index is 12.5. The number of halogens is 1. The Kier molecular flexibility index (Phi) is 6.57. The van der Waals surface area contributed by atoms with Crippen molar-refractivity contribution in [1.82, 2.24) is 9.55 Å². The third-order valence-electron chi connectivity index (χ3n) is 5.03. The van der Waals surface area contributed by atoms with Crippen molar-refractivity contribution >= 4 is 17.6 Å². The highest BCUT2D eigenvalue weighted by atomic mass is 35.5. The first kappa shape index (κ1) is 21.7. The molecule has 32 heavy (non-hydrogen) atoms. The minimum Gasteiger partial charge on any atom is -0.489 e. The van der Waals surface area contributed by atoms with Crippen LogP contribution in [0, 0.1) is 6.92 Å². The second-order valence-electron chi connectivity index (χ2n) is 7.17. The smallest absolute Gasteiger partial charge is 0.358 e. The van der Waals surface area contributed by atoms with Gasteiger partial charge in [-0.1, -0.05) is 54.1 Å². The zero-order valence-corrected chi connectivity index (χ0v) is 18.7. The van der Waals surface area contributed by atoms with Crippen LogP contribution >= 0.6 is 11.6 Å². The summed E-state index contributed by atoms with van der Waals surface area (Å²) in [7, 11) is 0. The number of esters is 1. The molecule has 0 aliphatic rings. The normalized spacial score (nSPS) is 10.7. The van der Waals surface area contributed by atoms with Crippen molar-refractivity contribution < 1.29 is 14.3 Å². The third kappa shape index (κ3) is 4.53. The first-order valence-electron chi connectivity index (χ1n) is 10.4. The molecule has 4 rings (SSSR count). The average molecular weight is 447 g/mol. The zero-order chi connectivity index (χ0) is 22.5. The van der Waals surface area contributed by atoms with E-state index in [2.05, 4.69) is 4.98 Å². The molecule has 0 saturated heterocycles. The van der Waals surface area contributed by atoms with Crippen molar-refractivity contribution in [2.24, 2.45) is 0 Å². The molecule has 5 nitrogen and oxygen atoms in total. The van der Waals surface area contributed by atoms with Crippen molar-refractivity contribution in [1.29, 1.82) is 0 Å². The average Bonchev–Trinajstić information content (AvgIpc) is 3.16. The zero-order valence-electron chi connectivity index (χ0n) is 17.9. The Balaban J connectivity index is 1.70. The number of carbonyl (C=O) groups is 1. The van der Waals surface area contributed by atoms with Crippen molar-refractivity contribution in [2.45, 2.75) is 20.5 Å². The minimum absolute atomic E-state index is 0.270. The fourth-order valence-electron chi connectivity index (χ4n) is 3.47. The predicted octanol–water partition coefficient (Wildman–Crippen LogP) is 6.26. The summed E-state index contributed by atoms with van der Waals surface area (Å²) >= 11 is 6.46. The molecule has 0 spiro atoms. The Morgan fingerprint density at radius 2 is 1.66 bits per heavy atom. The molecule has 0 aliphatic heterocycles. The van der Waals surface area contributed by atoms with Crippen LogP contribution in [-0.4, -0.2) is 22.1 Å². The van der Waals surface area contributed by atoms with Crippen LogP contribution in [0.3, 0.4) is 0 Å². The first-order chi connectivity index (χ1) is 15.6. The number of hydrogen-bond donors (Lipinski definition) is 0. The second kappa shape index (κ2) is 9.71. The molecule has 3 aromatic carbocycles. The van der Waals surface area contributed by atoms with E-state index in [1.54, 1.807) is 13.0 Å². The molecule has 0 aliphatic carbocycles. The van der Waals surface area contributed by atoms with Crippen LogP contribution in [0.25, 0.3) is 17.1 Å². The van der Waals surface area contributed by atoms with E-state index >= 15 is 0 Å². The molecule has 1 heterocycles. The van der Waals surface area contributed by atoms with E-state index in [1.807, 2.05) is 84.3 Å². The van der Waals surface area contributed by atoms with Gasteiger partial charge in [-0.2, -0.15) is 0 Å². The fourth-order valence-corrected chi connectivity index (χ4v) is 3.69. The SMILES string of the molecule is CCOC(=O)c1nc(-c2ccccc2Cl)n(-c2ccc(OCc3ccccc3)cc2)c1C. The van der Waals surface area contributed by atoms with E-state index in [0.29, 0.717) is 23.1 Å². The number of imidazole rings is 1. The highest BCUT2D eigenvalue weighted by Gasteiger charge is 2.23. The maximum absolute atomic E-state index is 12.5. The second-order valence-corrected chi connectivity index (χ2v) is 7.58. The summed E-state index contributed by atoms with van der Waals surface area (Å²) in [6, 6.07) is 25.1. The van der Waals surface area contributed by atoms with Crippen LogP contribution in [0.5, 0.6) is 5.75 Å². The molecular formula is C26H23ClN2O3. The number of benzene rings is 3. The standard InChI is InChI=1S/C26H23ClN2O3/c1-3-31-26(30)24-18(2)29(25(28-24)22-11-7-8-12-23(22)27)20-13-15-21(16-14-20)32-17-19-9-5-4-6-10-19/h4-16H,3,17H2,1-2H3. The van der Waals surface area contributed by atoms with E-state index < -0.39 is 5.97 Å². The van der Waals surface area contributed by atoms with Gasteiger partial charge in [0.1, 0.15) is 18.2 Å². The monoisotopic (exact) mass is 446 g/mol. The molecule has 0 fully saturated rings. The van der Waals surface area contributed by atoms with Gasteiger partial charge in [-0.25, -0.2) is 9.78 Å². The molecular weight excluding hydrogens is 424 g/mol. The Morgan fingerprint density at radius 3 is 2.34 bits per heavy atom. The maximum Gasteiger partial charge on any atom is 0.358 e. The van der Waals surface area contributed by atoms with Crippen molar-refractivity contribution in [3.05, 3.63) is 101 Å². The van der Waals surface area contributed by atoms with Gasteiger partial charge in [0.15, 0.2) is 5.69 Å². The lowest BCUT2D eigenvalue weighted by Crippen LogP contribution is -2.07. The van der Waals surface area contributed by atoms with Crippen LogP contribution < -0.4 is 4.74 Å². The largest absolute Gasteiger partial charge is 0.489 e. The minimum atomic E-state index is -0.458. The Morgan fingerprint density at radius 1 is 0.969 bits per heavy atom. The predicted molar refractivity (Wildman–Crippen MR) is 125 cm³/mol. The Bertz CT molecular complexity index is 1220. The van der Waals surface area contributed by atoms with Crippen LogP contribution in [-0.2, 0) is 11.3 Å². The summed E-state index contributed by atoms with van der Waals surface area (Å²) in [6.07, 6.45) is 0. The number of ether oxygens (including phenoxy) is 2. The summed E-state index contributed by atoms with van der Waals surface area (Å²) in [5.41, 5.74) is 3.62. The topological polar surface area (TPSA) is 53.3 Å². The highest BCUT2D eigenvalue weighted by Crippen LogP contribution is 2.32. The number of aromatic nitrogens is 2. The van der Waals surface area contributed by atoms with Crippen molar-refractivity contribution in [3.8, 4) is 22.8 Å². The van der Waals surface area contributed by atoms with Crippen LogP contribution in [0.15, 0.2) is 78.9 Å². The van der Waals surface area contributed by atoms with Gasteiger partial charge in [0.25, 0.3) is 0 Å². The van der Waals surface area contributed by atoms with Crippen molar-refractivity contribution in [2.75, 3.05) is 6.61 Å². The molecule has 0 radical (unpaired) electrons. The molecule has 0 atom stereocenters. The molecule has 0 unspecified atom stereocenters. The quantitative estimate of drug-likeness (QED) is 0.314. The van der Waals surface area contributed by atoms with E-state index in [1.165, 1.54) is 0 Å². The van der Waals surface area contributed by atoms with Gasteiger partial charge in [0.2, 0.25) is 0 Å². The summed E-state index contributed by atoms with van der Waals surface area (Å²) < 4.78 is 13.0. The van der Waals surface area contributed by atoms with Gasteiger partial charge in [-0.3, -0.25) is 4.57 Å². The van der Waals surface area contributed by atoms with Gasteiger partial charge >= 0.3 is 5.97 Å². The lowest BCUT2D eigenvalue weighted by molar-refractivity contribution is 0.0519. The molecule has 162 valence electrons.